The number of carboxylic acid groups (broad SMARTS) is 1. The zero-order valence-corrected chi connectivity index (χ0v) is 36.8. The van der Waals surface area contributed by atoms with Crippen LogP contribution in [-0.2, 0) is 27.4 Å². The van der Waals surface area contributed by atoms with E-state index in [0.717, 1.165) is 135 Å². The molecule has 10 heteroatoms. The van der Waals surface area contributed by atoms with Gasteiger partial charge in [-0.15, -0.1) is 0 Å². The molecule has 4 aromatic rings. The fourth-order valence-corrected chi connectivity index (χ4v) is 9.36. The van der Waals surface area contributed by atoms with E-state index in [0.29, 0.717) is 29.6 Å². The first kappa shape index (κ1) is 43.8. The van der Waals surface area contributed by atoms with Crippen molar-refractivity contribution in [3.8, 4) is 11.5 Å². The van der Waals surface area contributed by atoms with Crippen LogP contribution in [0.15, 0.2) is 60.7 Å². The highest BCUT2D eigenvalue weighted by Gasteiger charge is 2.30. The summed E-state index contributed by atoms with van der Waals surface area (Å²) in [5.41, 5.74) is 5.01. The molecule has 2 saturated carbocycles. The Hall–Kier alpha value is -4.28. The van der Waals surface area contributed by atoms with Gasteiger partial charge in [0.15, 0.2) is 0 Å². The summed E-state index contributed by atoms with van der Waals surface area (Å²) in [6.45, 7) is 16.8. The molecule has 2 aliphatic heterocycles. The Morgan fingerprint density at radius 3 is 1.43 bits per heavy atom. The van der Waals surface area contributed by atoms with Gasteiger partial charge in [-0.2, -0.15) is 0 Å². The fourth-order valence-electron chi connectivity index (χ4n) is 9.36. The Balaban J connectivity index is 0.000000182. The highest BCUT2D eigenvalue weighted by molar-refractivity contribution is 5.81. The van der Waals surface area contributed by atoms with Crippen molar-refractivity contribution in [2.24, 2.45) is 22.7 Å². The van der Waals surface area contributed by atoms with E-state index in [1.165, 1.54) is 25.7 Å². The number of nitrogens with zero attached hydrogens (tertiary/aromatic N) is 4. The molecule has 10 nitrogen and oxygen atoms in total. The summed E-state index contributed by atoms with van der Waals surface area (Å²) in [6, 6.07) is 20.9. The molecule has 4 fully saturated rings. The first-order valence-electron chi connectivity index (χ1n) is 22.8. The van der Waals surface area contributed by atoms with Gasteiger partial charge in [0.1, 0.15) is 11.5 Å². The molecule has 1 N–H and O–H groups in total. The standard InChI is InChI=1S/C26H36N2O3.C24H32N2O3/c1-4-30-25(29)19-11-15-28(16-12-19)18-21-6-5-20-17-23(7-8-24(20)27-21)31-22-9-13-26(2,3)14-10-22;1-24(2)11-7-20(8-12-24)29-21-5-6-22-18(15-21)3-4-19(25-22)16-26-13-9-17(10-14-26)23(27)28/h5-8,17,19,22H,4,9-16,18H2,1-3H3;3-6,15,17,20H,7-14,16H2,1-2H3,(H,27,28). The maximum atomic E-state index is 11.9. The SMILES string of the molecule is CC1(C)CCC(Oc2ccc3nc(CN4CCC(C(=O)O)CC4)ccc3c2)CC1.CCOC(=O)C1CCN(Cc2ccc3cc(OC4CCC(C)(C)CC4)ccc3n2)CC1. The Morgan fingerprint density at radius 1 is 0.617 bits per heavy atom. The van der Waals surface area contributed by atoms with Crippen LogP contribution < -0.4 is 9.47 Å². The number of piperidine rings is 2. The largest absolute Gasteiger partial charge is 0.490 e. The molecule has 4 heterocycles. The second kappa shape index (κ2) is 19.6. The normalized spacial score (nSPS) is 20.9. The van der Waals surface area contributed by atoms with Gasteiger partial charge in [-0.1, -0.05) is 39.8 Å². The smallest absolute Gasteiger partial charge is 0.309 e. The molecule has 0 radical (unpaired) electrons. The zero-order valence-electron chi connectivity index (χ0n) is 36.8. The average Bonchev–Trinajstić information content (AvgIpc) is 3.23. The number of pyridine rings is 2. The molecule has 0 unspecified atom stereocenters. The summed E-state index contributed by atoms with van der Waals surface area (Å²) in [5.74, 6) is 1.04. The van der Waals surface area contributed by atoms with Crippen LogP contribution in [0.5, 0.6) is 11.5 Å². The molecule has 0 amide bonds. The van der Waals surface area contributed by atoms with Gasteiger partial charge in [0.05, 0.1) is 53.1 Å². The lowest BCUT2D eigenvalue weighted by atomic mass is 9.76. The maximum absolute atomic E-state index is 11.9. The molecule has 0 spiro atoms. The van der Waals surface area contributed by atoms with Crippen LogP contribution in [0.1, 0.15) is 123 Å². The van der Waals surface area contributed by atoms with Crippen LogP contribution in [0.25, 0.3) is 21.8 Å². The van der Waals surface area contributed by atoms with Crippen molar-refractivity contribution in [1.29, 1.82) is 0 Å². The summed E-state index contributed by atoms with van der Waals surface area (Å²) >= 11 is 0. The van der Waals surface area contributed by atoms with Gasteiger partial charge < -0.3 is 19.3 Å². The first-order chi connectivity index (χ1) is 28.8. The van der Waals surface area contributed by atoms with E-state index < -0.39 is 5.97 Å². The third kappa shape index (κ3) is 12.2. The average molecular weight is 821 g/mol. The number of aliphatic carboxylic acids is 1. The number of rotatable bonds is 11. The molecule has 8 rings (SSSR count). The lowest BCUT2D eigenvalue weighted by molar-refractivity contribution is -0.149. The molecular formula is C50H68N4O6. The number of carbonyl (C=O) groups excluding carboxylic acids is 1. The Labute approximate surface area is 357 Å². The van der Waals surface area contributed by atoms with Gasteiger partial charge in [-0.25, -0.2) is 0 Å². The van der Waals surface area contributed by atoms with E-state index in [4.69, 9.17) is 29.3 Å². The summed E-state index contributed by atoms with van der Waals surface area (Å²) in [4.78, 5) is 37.4. The van der Waals surface area contributed by atoms with Gasteiger partial charge in [-0.3, -0.25) is 29.4 Å². The highest BCUT2D eigenvalue weighted by Crippen LogP contribution is 2.38. The van der Waals surface area contributed by atoms with E-state index in [1.54, 1.807) is 0 Å². The van der Waals surface area contributed by atoms with Crippen LogP contribution in [0.3, 0.4) is 0 Å². The Kier molecular flexibility index (Phi) is 14.3. The topological polar surface area (TPSA) is 114 Å². The fraction of sp³-hybridized carbons (Fsp3) is 0.600. The van der Waals surface area contributed by atoms with Crippen molar-refractivity contribution in [3.63, 3.8) is 0 Å². The number of fused-ring (bicyclic) bond motifs is 2. The van der Waals surface area contributed by atoms with Crippen molar-refractivity contribution >= 4 is 33.7 Å². The number of ether oxygens (including phenoxy) is 3. The van der Waals surface area contributed by atoms with Crippen LogP contribution in [0, 0.1) is 22.7 Å². The number of carboxylic acids is 1. The van der Waals surface area contributed by atoms with Crippen molar-refractivity contribution in [1.82, 2.24) is 19.8 Å². The summed E-state index contributed by atoms with van der Waals surface area (Å²) in [6.07, 6.45) is 13.3. The molecule has 0 atom stereocenters. The zero-order chi connectivity index (χ0) is 42.3. The molecular weight excluding hydrogens is 753 g/mol. The monoisotopic (exact) mass is 821 g/mol. The van der Waals surface area contributed by atoms with Gasteiger partial charge in [-0.05, 0) is 170 Å². The number of carbonyl (C=O) groups is 2. The van der Waals surface area contributed by atoms with E-state index in [9.17, 15) is 9.59 Å². The second-order valence-corrected chi connectivity index (χ2v) is 19.5. The molecule has 2 aromatic carbocycles. The molecule has 2 aliphatic carbocycles. The van der Waals surface area contributed by atoms with Crippen LogP contribution in [0.2, 0.25) is 0 Å². The highest BCUT2D eigenvalue weighted by atomic mass is 16.5. The molecule has 0 bridgehead atoms. The second-order valence-electron chi connectivity index (χ2n) is 19.5. The predicted octanol–water partition coefficient (Wildman–Crippen LogP) is 10.2. The van der Waals surface area contributed by atoms with Crippen LogP contribution in [0.4, 0.5) is 0 Å². The molecule has 324 valence electrons. The lowest BCUT2D eigenvalue weighted by Gasteiger charge is -2.34. The molecule has 60 heavy (non-hydrogen) atoms. The number of likely N-dealkylation sites (tertiary alicyclic amines) is 2. The van der Waals surface area contributed by atoms with Crippen LogP contribution in [-0.4, -0.2) is 81.8 Å². The third-order valence-electron chi connectivity index (χ3n) is 13.5. The van der Waals surface area contributed by atoms with E-state index in [1.807, 2.05) is 13.0 Å². The minimum absolute atomic E-state index is 0.0408. The maximum Gasteiger partial charge on any atom is 0.309 e. The Bertz CT molecular complexity index is 2050. The molecule has 2 aromatic heterocycles. The summed E-state index contributed by atoms with van der Waals surface area (Å²) < 4.78 is 17.7. The summed E-state index contributed by atoms with van der Waals surface area (Å²) in [7, 11) is 0. The number of hydrogen-bond acceptors (Lipinski definition) is 9. The molecule has 2 saturated heterocycles. The Morgan fingerprint density at radius 2 is 1.03 bits per heavy atom. The first-order valence-corrected chi connectivity index (χ1v) is 22.8. The van der Waals surface area contributed by atoms with Crippen molar-refractivity contribution in [3.05, 3.63) is 72.1 Å². The van der Waals surface area contributed by atoms with Gasteiger partial charge >= 0.3 is 11.9 Å². The van der Waals surface area contributed by atoms with E-state index >= 15 is 0 Å². The third-order valence-corrected chi connectivity index (χ3v) is 13.5. The molecule has 4 aliphatic rings. The lowest BCUT2D eigenvalue weighted by Crippen LogP contribution is -2.36. The summed E-state index contributed by atoms with van der Waals surface area (Å²) in [5, 5.41) is 11.4. The van der Waals surface area contributed by atoms with Crippen molar-refractivity contribution < 1.29 is 28.9 Å². The van der Waals surface area contributed by atoms with E-state index in [-0.39, 0.29) is 17.8 Å². The van der Waals surface area contributed by atoms with Crippen molar-refractivity contribution in [2.75, 3.05) is 32.8 Å². The van der Waals surface area contributed by atoms with Crippen molar-refractivity contribution in [2.45, 2.75) is 137 Å². The number of benzene rings is 2. The minimum Gasteiger partial charge on any atom is -0.490 e. The van der Waals surface area contributed by atoms with Gasteiger partial charge in [0.25, 0.3) is 0 Å². The number of esters is 1. The van der Waals surface area contributed by atoms with E-state index in [2.05, 4.69) is 92.1 Å². The van der Waals surface area contributed by atoms with Crippen LogP contribution >= 0.6 is 0 Å². The quantitative estimate of drug-likeness (QED) is 0.147. The predicted molar refractivity (Wildman–Crippen MR) is 237 cm³/mol. The minimum atomic E-state index is -0.663. The van der Waals surface area contributed by atoms with Gasteiger partial charge in [0, 0.05) is 23.9 Å². The number of hydrogen-bond donors (Lipinski definition) is 1. The number of aromatic nitrogens is 2. The van der Waals surface area contributed by atoms with Gasteiger partial charge in [0.2, 0.25) is 0 Å².